The smallest absolute Gasteiger partial charge is 0.0677 e. The predicted octanol–water partition coefficient (Wildman–Crippen LogP) is 0.888. The van der Waals surface area contributed by atoms with Crippen molar-refractivity contribution in [3.8, 4) is 12.3 Å². The van der Waals surface area contributed by atoms with Crippen LogP contribution in [0.5, 0.6) is 0 Å². The van der Waals surface area contributed by atoms with Crippen molar-refractivity contribution in [1.82, 2.24) is 0 Å². The number of nitrogens with two attached hydrogens (primary N) is 1. The Morgan fingerprint density at radius 1 is 1.58 bits per heavy atom. The highest BCUT2D eigenvalue weighted by molar-refractivity contribution is 4.90. The Hall–Kier alpha value is -0.520. The van der Waals surface area contributed by atoms with Crippen LogP contribution in [0.2, 0.25) is 0 Å². The molecule has 12 heavy (non-hydrogen) atoms. The molecule has 1 saturated carbocycles. The Morgan fingerprint density at radius 3 is 2.92 bits per heavy atom. The van der Waals surface area contributed by atoms with E-state index in [-0.39, 0.29) is 12.1 Å². The van der Waals surface area contributed by atoms with Crippen molar-refractivity contribution < 1.29 is 5.11 Å². The first kappa shape index (κ1) is 9.57. The van der Waals surface area contributed by atoms with Crippen molar-refractivity contribution in [2.75, 3.05) is 0 Å². The summed E-state index contributed by atoms with van der Waals surface area (Å²) in [5.74, 6) is 2.83. The maximum Gasteiger partial charge on any atom is 0.0677 e. The minimum atomic E-state index is -0.332. The summed E-state index contributed by atoms with van der Waals surface area (Å²) in [4.78, 5) is 0. The van der Waals surface area contributed by atoms with Gasteiger partial charge in [0.05, 0.1) is 6.10 Å². The number of rotatable bonds is 2. The first-order chi connectivity index (χ1) is 5.74. The van der Waals surface area contributed by atoms with Crippen molar-refractivity contribution in [2.45, 2.75) is 44.2 Å². The number of hydrogen-bond acceptors (Lipinski definition) is 2. The normalized spacial score (nSPS) is 32.4. The topological polar surface area (TPSA) is 46.2 Å². The second-order valence-corrected chi connectivity index (χ2v) is 3.66. The van der Waals surface area contributed by atoms with E-state index in [2.05, 4.69) is 5.92 Å². The summed E-state index contributed by atoms with van der Waals surface area (Å²) in [5.41, 5.74) is 5.80. The lowest BCUT2D eigenvalue weighted by molar-refractivity contribution is 0.0840. The molecule has 0 aromatic carbocycles. The van der Waals surface area contributed by atoms with Gasteiger partial charge in [-0.2, -0.15) is 0 Å². The molecule has 0 aromatic heterocycles. The van der Waals surface area contributed by atoms with Gasteiger partial charge in [0.2, 0.25) is 0 Å². The lowest BCUT2D eigenvalue weighted by Crippen LogP contribution is -2.33. The van der Waals surface area contributed by atoms with Crippen LogP contribution < -0.4 is 5.73 Å². The van der Waals surface area contributed by atoms with E-state index < -0.39 is 0 Å². The van der Waals surface area contributed by atoms with Gasteiger partial charge in [-0.3, -0.25) is 0 Å². The SMILES string of the molecule is C#CCC(O)C1CCCC(N)C1. The van der Waals surface area contributed by atoms with Crippen LogP contribution in [-0.4, -0.2) is 17.3 Å². The van der Waals surface area contributed by atoms with Crippen LogP contribution in [-0.2, 0) is 0 Å². The zero-order valence-electron chi connectivity index (χ0n) is 7.37. The summed E-state index contributed by atoms with van der Waals surface area (Å²) in [7, 11) is 0. The Kier molecular flexibility index (Phi) is 3.58. The Balaban J connectivity index is 2.35. The maximum absolute atomic E-state index is 9.59. The van der Waals surface area contributed by atoms with Crippen LogP contribution in [0.4, 0.5) is 0 Å². The molecule has 0 bridgehead atoms. The molecule has 0 heterocycles. The summed E-state index contributed by atoms with van der Waals surface area (Å²) in [5, 5.41) is 9.59. The van der Waals surface area contributed by atoms with Crippen molar-refractivity contribution in [3.05, 3.63) is 0 Å². The molecule has 0 aromatic rings. The van der Waals surface area contributed by atoms with E-state index in [9.17, 15) is 5.11 Å². The quantitative estimate of drug-likeness (QED) is 0.600. The number of terminal acetylenes is 1. The van der Waals surface area contributed by atoms with Crippen LogP contribution in [0.3, 0.4) is 0 Å². The molecular weight excluding hydrogens is 150 g/mol. The fraction of sp³-hybridized carbons (Fsp3) is 0.800. The minimum absolute atomic E-state index is 0.274. The first-order valence-corrected chi connectivity index (χ1v) is 4.61. The van der Waals surface area contributed by atoms with Gasteiger partial charge in [-0.1, -0.05) is 6.42 Å². The van der Waals surface area contributed by atoms with Gasteiger partial charge in [-0.05, 0) is 25.2 Å². The molecule has 2 nitrogen and oxygen atoms in total. The largest absolute Gasteiger partial charge is 0.392 e. The number of hydrogen-bond donors (Lipinski definition) is 2. The molecule has 68 valence electrons. The molecule has 0 radical (unpaired) electrons. The molecule has 3 N–H and O–H groups in total. The third-order valence-corrected chi connectivity index (χ3v) is 2.63. The summed E-state index contributed by atoms with van der Waals surface area (Å²) in [6.07, 6.45) is 9.51. The first-order valence-electron chi connectivity index (χ1n) is 4.61. The van der Waals surface area contributed by atoms with Gasteiger partial charge < -0.3 is 10.8 Å². The molecule has 1 fully saturated rings. The summed E-state index contributed by atoms with van der Waals surface area (Å²) < 4.78 is 0. The molecular formula is C10H17NO. The second kappa shape index (κ2) is 4.49. The minimum Gasteiger partial charge on any atom is -0.392 e. The van der Waals surface area contributed by atoms with Crippen LogP contribution in [0.1, 0.15) is 32.1 Å². The van der Waals surface area contributed by atoms with E-state index in [4.69, 9.17) is 12.2 Å². The molecule has 3 atom stereocenters. The highest BCUT2D eigenvalue weighted by Gasteiger charge is 2.24. The van der Waals surface area contributed by atoms with Crippen LogP contribution in [0.15, 0.2) is 0 Å². The van der Waals surface area contributed by atoms with Gasteiger partial charge in [0.1, 0.15) is 0 Å². The molecule has 0 aliphatic heterocycles. The lowest BCUT2D eigenvalue weighted by Gasteiger charge is -2.29. The molecule has 3 unspecified atom stereocenters. The van der Waals surface area contributed by atoms with Crippen molar-refractivity contribution in [1.29, 1.82) is 0 Å². The van der Waals surface area contributed by atoms with Gasteiger partial charge in [-0.15, -0.1) is 12.3 Å². The second-order valence-electron chi connectivity index (χ2n) is 3.66. The van der Waals surface area contributed by atoms with Crippen LogP contribution in [0.25, 0.3) is 0 Å². The van der Waals surface area contributed by atoms with Gasteiger partial charge in [0.25, 0.3) is 0 Å². The predicted molar refractivity (Wildman–Crippen MR) is 49.4 cm³/mol. The van der Waals surface area contributed by atoms with E-state index in [1.807, 2.05) is 0 Å². The third-order valence-electron chi connectivity index (χ3n) is 2.63. The van der Waals surface area contributed by atoms with Gasteiger partial charge in [0.15, 0.2) is 0 Å². The summed E-state index contributed by atoms with van der Waals surface area (Å²) in [6.45, 7) is 0. The van der Waals surface area contributed by atoms with E-state index in [0.717, 1.165) is 25.7 Å². The highest BCUT2D eigenvalue weighted by atomic mass is 16.3. The van der Waals surface area contributed by atoms with Crippen molar-refractivity contribution in [2.24, 2.45) is 11.7 Å². The van der Waals surface area contributed by atoms with Gasteiger partial charge in [0, 0.05) is 12.5 Å². The van der Waals surface area contributed by atoms with Gasteiger partial charge in [-0.25, -0.2) is 0 Å². The van der Waals surface area contributed by atoms with Crippen LogP contribution in [0, 0.1) is 18.3 Å². The Bertz CT molecular complexity index is 173. The van der Waals surface area contributed by atoms with E-state index in [1.165, 1.54) is 0 Å². The lowest BCUT2D eigenvalue weighted by atomic mass is 9.82. The molecule has 0 saturated heterocycles. The molecule has 1 aliphatic carbocycles. The zero-order chi connectivity index (χ0) is 8.97. The van der Waals surface area contributed by atoms with Crippen molar-refractivity contribution >= 4 is 0 Å². The fourth-order valence-electron chi connectivity index (χ4n) is 1.90. The Morgan fingerprint density at radius 2 is 2.33 bits per heavy atom. The Labute approximate surface area is 74.2 Å². The molecule has 1 rings (SSSR count). The van der Waals surface area contributed by atoms with E-state index in [0.29, 0.717) is 12.3 Å². The average Bonchev–Trinajstić information content (AvgIpc) is 2.05. The van der Waals surface area contributed by atoms with E-state index >= 15 is 0 Å². The highest BCUT2D eigenvalue weighted by Crippen LogP contribution is 2.26. The summed E-state index contributed by atoms with van der Waals surface area (Å²) in [6, 6.07) is 0.274. The van der Waals surface area contributed by atoms with Crippen molar-refractivity contribution in [3.63, 3.8) is 0 Å². The average molecular weight is 167 g/mol. The molecule has 2 heteroatoms. The monoisotopic (exact) mass is 167 g/mol. The van der Waals surface area contributed by atoms with Gasteiger partial charge >= 0.3 is 0 Å². The van der Waals surface area contributed by atoms with E-state index in [1.54, 1.807) is 0 Å². The molecule has 1 aliphatic rings. The standard InChI is InChI=1S/C10H17NO/c1-2-4-10(12)8-5-3-6-9(11)7-8/h1,8-10,12H,3-7,11H2. The van der Waals surface area contributed by atoms with Crippen LogP contribution >= 0.6 is 0 Å². The third kappa shape index (κ3) is 2.51. The molecule has 0 spiro atoms. The fourth-order valence-corrected chi connectivity index (χ4v) is 1.90. The molecule has 0 amide bonds. The zero-order valence-corrected chi connectivity index (χ0v) is 7.37. The maximum atomic E-state index is 9.59. The number of aliphatic hydroxyl groups excluding tert-OH is 1. The summed E-state index contributed by atoms with van der Waals surface area (Å²) >= 11 is 0. The number of aliphatic hydroxyl groups is 1.